The number of nitrogens with zero attached hydrogens (tertiary/aromatic N) is 2. The maximum atomic E-state index is 11.8. The van der Waals surface area contributed by atoms with Crippen molar-refractivity contribution >= 4 is 11.6 Å². The normalized spacial score (nSPS) is 10.2. The van der Waals surface area contributed by atoms with Gasteiger partial charge in [0.05, 0.1) is 0 Å². The quantitative estimate of drug-likeness (QED) is 0.830. The Labute approximate surface area is 99.2 Å². The Morgan fingerprint density at radius 3 is 2.59 bits per heavy atom. The molecule has 1 aromatic heterocycles. The van der Waals surface area contributed by atoms with Gasteiger partial charge >= 0.3 is 0 Å². The minimum atomic E-state index is -0.217. The maximum Gasteiger partial charge on any atom is 0.276 e. The number of anilines is 1. The van der Waals surface area contributed by atoms with Crippen LogP contribution in [0.15, 0.2) is 36.5 Å². The fourth-order valence-corrected chi connectivity index (χ4v) is 1.46. The Balaban J connectivity index is 2.07. The number of hydrogen-bond acceptors (Lipinski definition) is 3. The van der Waals surface area contributed by atoms with Gasteiger partial charge in [-0.25, -0.2) is 0 Å². The fourth-order valence-electron chi connectivity index (χ4n) is 1.46. The molecule has 0 aliphatic heterocycles. The molecule has 0 spiro atoms. The van der Waals surface area contributed by atoms with Gasteiger partial charge in [-0.15, -0.1) is 0 Å². The SMILES string of the molecule is Cn1ccc(C(=O)Nc2ccc(CN)cc2)n1. The van der Waals surface area contributed by atoms with Crippen LogP contribution in [0, 0.1) is 0 Å². The van der Waals surface area contributed by atoms with E-state index in [0.29, 0.717) is 12.2 Å². The van der Waals surface area contributed by atoms with E-state index in [1.54, 1.807) is 24.0 Å². The van der Waals surface area contributed by atoms with E-state index in [1.807, 2.05) is 24.3 Å². The van der Waals surface area contributed by atoms with Crippen LogP contribution < -0.4 is 11.1 Å². The lowest BCUT2D eigenvalue weighted by molar-refractivity contribution is 0.102. The number of aromatic nitrogens is 2. The van der Waals surface area contributed by atoms with E-state index >= 15 is 0 Å². The molecule has 3 N–H and O–H groups in total. The second-order valence-corrected chi connectivity index (χ2v) is 3.73. The number of carbonyl (C=O) groups is 1. The van der Waals surface area contributed by atoms with Crippen LogP contribution >= 0.6 is 0 Å². The van der Waals surface area contributed by atoms with Gasteiger partial charge in [-0.1, -0.05) is 12.1 Å². The maximum absolute atomic E-state index is 11.8. The summed E-state index contributed by atoms with van der Waals surface area (Å²) in [5, 5.41) is 6.79. The van der Waals surface area contributed by atoms with Crippen molar-refractivity contribution in [3.8, 4) is 0 Å². The van der Waals surface area contributed by atoms with Crippen LogP contribution in [0.4, 0.5) is 5.69 Å². The third-order valence-corrected chi connectivity index (χ3v) is 2.39. The molecule has 0 fully saturated rings. The number of benzene rings is 1. The van der Waals surface area contributed by atoms with Crippen LogP contribution in [-0.4, -0.2) is 15.7 Å². The zero-order valence-electron chi connectivity index (χ0n) is 9.55. The van der Waals surface area contributed by atoms with E-state index in [0.717, 1.165) is 11.3 Å². The van der Waals surface area contributed by atoms with Crippen LogP contribution in [0.25, 0.3) is 0 Å². The van der Waals surface area contributed by atoms with Gasteiger partial charge in [-0.3, -0.25) is 9.48 Å². The molecule has 0 saturated carbocycles. The fraction of sp³-hybridized carbons (Fsp3) is 0.167. The first-order chi connectivity index (χ1) is 8.19. The zero-order chi connectivity index (χ0) is 12.3. The predicted molar refractivity (Wildman–Crippen MR) is 65.5 cm³/mol. The van der Waals surface area contributed by atoms with Gasteiger partial charge in [0.1, 0.15) is 0 Å². The Morgan fingerprint density at radius 1 is 1.35 bits per heavy atom. The van der Waals surface area contributed by atoms with Crippen molar-refractivity contribution in [2.45, 2.75) is 6.54 Å². The first-order valence-electron chi connectivity index (χ1n) is 5.29. The number of rotatable bonds is 3. The van der Waals surface area contributed by atoms with Crippen LogP contribution in [0.1, 0.15) is 16.1 Å². The van der Waals surface area contributed by atoms with Crippen LogP contribution in [-0.2, 0) is 13.6 Å². The highest BCUT2D eigenvalue weighted by Crippen LogP contribution is 2.10. The smallest absolute Gasteiger partial charge is 0.276 e. The summed E-state index contributed by atoms with van der Waals surface area (Å²) in [5.74, 6) is -0.217. The monoisotopic (exact) mass is 230 g/mol. The molecular formula is C12H14N4O. The minimum absolute atomic E-state index is 0.217. The molecule has 88 valence electrons. The second-order valence-electron chi connectivity index (χ2n) is 3.73. The molecule has 0 saturated heterocycles. The van der Waals surface area contributed by atoms with Crippen LogP contribution in [0.3, 0.4) is 0 Å². The first-order valence-corrected chi connectivity index (χ1v) is 5.29. The third-order valence-electron chi connectivity index (χ3n) is 2.39. The summed E-state index contributed by atoms with van der Waals surface area (Å²) in [6, 6.07) is 9.08. The summed E-state index contributed by atoms with van der Waals surface area (Å²) in [7, 11) is 1.77. The standard InChI is InChI=1S/C12H14N4O/c1-16-7-6-11(15-16)12(17)14-10-4-2-9(8-13)3-5-10/h2-7H,8,13H2,1H3,(H,14,17). The first kappa shape index (κ1) is 11.3. The lowest BCUT2D eigenvalue weighted by Crippen LogP contribution is -2.13. The summed E-state index contributed by atoms with van der Waals surface area (Å²) in [4.78, 5) is 11.8. The van der Waals surface area contributed by atoms with Gasteiger partial charge in [-0.2, -0.15) is 5.10 Å². The lowest BCUT2D eigenvalue weighted by Gasteiger charge is -2.03. The molecule has 5 nitrogen and oxygen atoms in total. The summed E-state index contributed by atoms with van der Waals surface area (Å²) in [6.45, 7) is 0.495. The molecule has 17 heavy (non-hydrogen) atoms. The van der Waals surface area contributed by atoms with E-state index < -0.39 is 0 Å². The summed E-state index contributed by atoms with van der Waals surface area (Å²) >= 11 is 0. The molecule has 5 heteroatoms. The summed E-state index contributed by atoms with van der Waals surface area (Å²) in [5.41, 5.74) is 7.66. The molecule has 0 aliphatic carbocycles. The van der Waals surface area contributed by atoms with Gasteiger partial charge in [0.25, 0.3) is 5.91 Å². The summed E-state index contributed by atoms with van der Waals surface area (Å²) in [6.07, 6.45) is 1.73. The van der Waals surface area contributed by atoms with Crippen molar-refractivity contribution in [1.82, 2.24) is 9.78 Å². The Kier molecular flexibility index (Phi) is 3.20. The number of hydrogen-bond donors (Lipinski definition) is 2. The van der Waals surface area contributed by atoms with Gasteiger partial charge in [0, 0.05) is 25.5 Å². The van der Waals surface area contributed by atoms with Crippen molar-refractivity contribution in [3.05, 3.63) is 47.8 Å². The Bertz CT molecular complexity index is 516. The van der Waals surface area contributed by atoms with E-state index in [-0.39, 0.29) is 5.91 Å². The minimum Gasteiger partial charge on any atom is -0.326 e. The van der Waals surface area contributed by atoms with Crippen LogP contribution in [0.5, 0.6) is 0 Å². The average molecular weight is 230 g/mol. The number of nitrogens with two attached hydrogens (primary N) is 1. The topological polar surface area (TPSA) is 72.9 Å². The number of aryl methyl sites for hydroxylation is 1. The molecule has 1 heterocycles. The highest BCUT2D eigenvalue weighted by Gasteiger charge is 2.08. The molecule has 2 aromatic rings. The van der Waals surface area contributed by atoms with Crippen LogP contribution in [0.2, 0.25) is 0 Å². The average Bonchev–Trinajstić information content (AvgIpc) is 2.77. The molecule has 0 atom stereocenters. The number of carbonyl (C=O) groups excluding carboxylic acids is 1. The molecule has 0 aliphatic rings. The molecule has 1 amide bonds. The molecule has 0 radical (unpaired) electrons. The Hall–Kier alpha value is -2.14. The molecule has 1 aromatic carbocycles. The van der Waals surface area contributed by atoms with Gasteiger partial charge in [0.15, 0.2) is 5.69 Å². The van der Waals surface area contributed by atoms with E-state index in [2.05, 4.69) is 10.4 Å². The van der Waals surface area contributed by atoms with E-state index in [4.69, 9.17) is 5.73 Å². The lowest BCUT2D eigenvalue weighted by atomic mass is 10.2. The molecule has 0 unspecified atom stereocenters. The predicted octanol–water partition coefficient (Wildman–Crippen LogP) is 1.13. The van der Waals surface area contributed by atoms with Gasteiger partial charge < -0.3 is 11.1 Å². The van der Waals surface area contributed by atoms with Crippen molar-refractivity contribution in [3.63, 3.8) is 0 Å². The molecule has 0 bridgehead atoms. The largest absolute Gasteiger partial charge is 0.326 e. The summed E-state index contributed by atoms with van der Waals surface area (Å²) < 4.78 is 1.59. The highest BCUT2D eigenvalue weighted by atomic mass is 16.1. The zero-order valence-corrected chi connectivity index (χ0v) is 9.55. The van der Waals surface area contributed by atoms with E-state index in [9.17, 15) is 4.79 Å². The van der Waals surface area contributed by atoms with Crippen molar-refractivity contribution in [1.29, 1.82) is 0 Å². The third kappa shape index (κ3) is 2.70. The van der Waals surface area contributed by atoms with Crippen molar-refractivity contribution < 1.29 is 4.79 Å². The van der Waals surface area contributed by atoms with E-state index in [1.165, 1.54) is 0 Å². The number of amides is 1. The second kappa shape index (κ2) is 4.80. The molecular weight excluding hydrogens is 216 g/mol. The van der Waals surface area contributed by atoms with Gasteiger partial charge in [0.2, 0.25) is 0 Å². The van der Waals surface area contributed by atoms with Crippen molar-refractivity contribution in [2.75, 3.05) is 5.32 Å². The number of nitrogens with one attached hydrogen (secondary N) is 1. The molecule has 2 rings (SSSR count). The van der Waals surface area contributed by atoms with Gasteiger partial charge in [-0.05, 0) is 23.8 Å². The Morgan fingerprint density at radius 2 is 2.06 bits per heavy atom. The highest BCUT2D eigenvalue weighted by molar-refractivity contribution is 6.02. The van der Waals surface area contributed by atoms with Crippen molar-refractivity contribution in [2.24, 2.45) is 12.8 Å².